The van der Waals surface area contributed by atoms with Gasteiger partial charge in [-0.3, -0.25) is 24.5 Å². The van der Waals surface area contributed by atoms with E-state index >= 15 is 0 Å². The summed E-state index contributed by atoms with van der Waals surface area (Å²) in [6.45, 7) is 7.62. The highest BCUT2D eigenvalue weighted by molar-refractivity contribution is 6.51. The highest BCUT2D eigenvalue weighted by Gasteiger charge is 2.74. The number of carbonyl (C=O) groups excluding carboxylic acids is 5. The van der Waals surface area contributed by atoms with Crippen molar-refractivity contribution in [2.75, 3.05) is 6.54 Å². The van der Waals surface area contributed by atoms with Crippen LogP contribution in [0.5, 0.6) is 0 Å². The number of Topliss-reactive ketones (excluding diaryl/α,β-unsaturated/α-hetero) is 1. The molecule has 7 N–H and O–H groups in total. The molecule has 5 amide bonds. The number of likely N-dealkylation sites (tertiary alicyclic amines) is 1. The van der Waals surface area contributed by atoms with E-state index in [0.717, 1.165) is 30.4 Å². The molecule has 12 nitrogen and oxygen atoms in total. The number of carbonyl (C=O) groups is 5. The number of urea groups is 1. The van der Waals surface area contributed by atoms with Crippen LogP contribution in [0.3, 0.4) is 0 Å². The van der Waals surface area contributed by atoms with Crippen LogP contribution in [0.1, 0.15) is 70.9 Å². The molecule has 14 heteroatoms. The van der Waals surface area contributed by atoms with Crippen molar-refractivity contribution < 1.29 is 29.1 Å². The number of alkyl halides is 2. The van der Waals surface area contributed by atoms with Crippen molar-refractivity contribution in [3.05, 3.63) is 35.4 Å². The minimum absolute atomic E-state index is 0.0803. The summed E-state index contributed by atoms with van der Waals surface area (Å²) in [5, 5.41) is 22.3. The van der Waals surface area contributed by atoms with Crippen molar-refractivity contribution in [1.29, 1.82) is 0 Å². The number of halogens is 2. The first kappa shape index (κ1) is 36.4. The molecule has 4 aliphatic rings. The first-order valence-corrected chi connectivity index (χ1v) is 17.7. The number of piperidine rings is 1. The van der Waals surface area contributed by atoms with Gasteiger partial charge in [0.25, 0.3) is 5.91 Å². The molecular weight excluding hydrogens is 659 g/mol. The quantitative estimate of drug-likeness (QED) is 0.103. The standard InChI is InChI=1S/C34H48Cl2N6O6/c1-5-22(29(45)41-33(2,3)4)39-32(48)40-25(20-14-18-11-6-7-12-19(18)15-20)31(47)42-16-21-24(34(21,35)36)26(42)30(46)38-23(27(43)28(37)44)13-17-9-8-10-17/h6-7,11-12,17,20-26,29,41,45H,5,8-10,13-16H2,1-4H3,(H2,37,44)(H,38,46)(H2,39,40,48)/t21-,22-,23?,24-,25-,26-,29?/m0/s1. The van der Waals surface area contributed by atoms with Crippen LogP contribution in [0.25, 0.3) is 0 Å². The van der Waals surface area contributed by atoms with Gasteiger partial charge < -0.3 is 31.7 Å². The number of nitrogens with one attached hydrogen (secondary N) is 4. The fraction of sp³-hybridized carbons (Fsp3) is 0.676. The number of aliphatic hydroxyl groups excluding tert-OH is 1. The van der Waals surface area contributed by atoms with Crippen molar-refractivity contribution in [2.24, 2.45) is 29.4 Å². The number of rotatable bonds is 13. The van der Waals surface area contributed by atoms with Gasteiger partial charge in [0, 0.05) is 23.9 Å². The van der Waals surface area contributed by atoms with Crippen LogP contribution in [0.4, 0.5) is 4.79 Å². The minimum atomic E-state index is -1.25. The number of ketones is 1. The zero-order chi connectivity index (χ0) is 35.1. The topological polar surface area (TPSA) is 183 Å². The van der Waals surface area contributed by atoms with Gasteiger partial charge in [0.15, 0.2) is 0 Å². The van der Waals surface area contributed by atoms with Gasteiger partial charge >= 0.3 is 6.03 Å². The molecule has 7 atom stereocenters. The number of benzene rings is 1. The van der Waals surface area contributed by atoms with Crippen LogP contribution in [0.2, 0.25) is 0 Å². The summed E-state index contributed by atoms with van der Waals surface area (Å²) in [5.41, 5.74) is 7.06. The van der Waals surface area contributed by atoms with Gasteiger partial charge in [-0.1, -0.05) is 50.5 Å². The van der Waals surface area contributed by atoms with Crippen molar-refractivity contribution in [3.63, 3.8) is 0 Å². The Morgan fingerprint density at radius 3 is 2.19 bits per heavy atom. The summed E-state index contributed by atoms with van der Waals surface area (Å²) >= 11 is 13.2. The Balaban J connectivity index is 1.38. The zero-order valence-electron chi connectivity index (χ0n) is 27.9. The molecule has 1 heterocycles. The SMILES string of the molecule is CC[C@H](NC(=O)N[C@H](C(=O)N1C[C@H]2[C@@H]([C@H]1C(=O)NC(CC1CCC1)C(=O)C(N)=O)C2(Cl)Cl)C1Cc2ccccc2C1)C(O)NC(C)(C)C. The normalized spacial score (nSPS) is 25.5. The Kier molecular flexibility index (Phi) is 10.7. The monoisotopic (exact) mass is 706 g/mol. The van der Waals surface area contributed by atoms with Gasteiger partial charge in [-0.05, 0) is 69.4 Å². The molecule has 5 rings (SSSR count). The number of nitrogens with two attached hydrogens (primary N) is 1. The third-order valence-corrected chi connectivity index (χ3v) is 11.4. The van der Waals surface area contributed by atoms with Crippen LogP contribution in [0.15, 0.2) is 24.3 Å². The fourth-order valence-electron chi connectivity index (χ4n) is 7.54. The highest BCUT2D eigenvalue weighted by atomic mass is 35.5. The van der Waals surface area contributed by atoms with Crippen LogP contribution >= 0.6 is 23.2 Å². The molecule has 0 spiro atoms. The van der Waals surface area contributed by atoms with Gasteiger partial charge in [0.1, 0.15) is 22.6 Å². The highest BCUT2D eigenvalue weighted by Crippen LogP contribution is 2.65. The molecule has 264 valence electrons. The van der Waals surface area contributed by atoms with E-state index in [2.05, 4.69) is 21.3 Å². The van der Waals surface area contributed by atoms with E-state index in [1.54, 1.807) is 0 Å². The Bertz CT molecular complexity index is 1410. The van der Waals surface area contributed by atoms with Gasteiger partial charge in [0.05, 0.1) is 12.1 Å². The molecular formula is C34H48Cl2N6O6. The number of nitrogens with zero attached hydrogens (tertiary/aromatic N) is 1. The van der Waals surface area contributed by atoms with Gasteiger partial charge in [-0.15, -0.1) is 23.2 Å². The van der Waals surface area contributed by atoms with E-state index in [-0.39, 0.29) is 24.8 Å². The predicted octanol–water partition coefficient (Wildman–Crippen LogP) is 1.91. The maximum absolute atomic E-state index is 14.6. The summed E-state index contributed by atoms with van der Waals surface area (Å²) in [5.74, 6) is -4.29. The van der Waals surface area contributed by atoms with Crippen molar-refractivity contribution >= 4 is 52.7 Å². The Morgan fingerprint density at radius 2 is 1.67 bits per heavy atom. The summed E-state index contributed by atoms with van der Waals surface area (Å²) in [4.78, 5) is 68.1. The number of fused-ring (bicyclic) bond motifs is 2. The number of aliphatic hydroxyl groups is 1. The summed E-state index contributed by atoms with van der Waals surface area (Å²) in [6.07, 6.45) is 3.47. The summed E-state index contributed by atoms with van der Waals surface area (Å²) in [6, 6.07) is 3.27. The smallest absolute Gasteiger partial charge is 0.315 e. The molecule has 0 bridgehead atoms. The average Bonchev–Trinajstić information content (AvgIpc) is 3.35. The molecule has 3 fully saturated rings. The number of primary amides is 1. The Hall–Kier alpha value is -2.93. The lowest BCUT2D eigenvalue weighted by atomic mass is 9.80. The van der Waals surface area contributed by atoms with Crippen LogP contribution < -0.4 is 27.0 Å². The molecule has 0 aromatic heterocycles. The Morgan fingerprint density at radius 1 is 1.04 bits per heavy atom. The van der Waals surface area contributed by atoms with Gasteiger partial charge in [-0.2, -0.15) is 0 Å². The lowest BCUT2D eigenvalue weighted by Gasteiger charge is -2.36. The second-order valence-electron chi connectivity index (χ2n) is 15.0. The lowest BCUT2D eigenvalue weighted by molar-refractivity contribution is -0.143. The molecule has 1 saturated heterocycles. The Labute approximate surface area is 291 Å². The zero-order valence-corrected chi connectivity index (χ0v) is 29.4. The second kappa shape index (κ2) is 14.1. The van der Waals surface area contributed by atoms with Gasteiger partial charge in [0.2, 0.25) is 17.6 Å². The molecule has 1 aromatic carbocycles. The van der Waals surface area contributed by atoms with Crippen LogP contribution in [0, 0.1) is 23.7 Å². The molecule has 2 unspecified atom stereocenters. The van der Waals surface area contributed by atoms with Crippen molar-refractivity contribution in [3.8, 4) is 0 Å². The minimum Gasteiger partial charge on any atom is -0.376 e. The first-order valence-electron chi connectivity index (χ1n) is 16.9. The molecule has 48 heavy (non-hydrogen) atoms. The van der Waals surface area contributed by atoms with E-state index in [1.807, 2.05) is 52.0 Å². The van der Waals surface area contributed by atoms with Crippen molar-refractivity contribution in [2.45, 2.75) is 113 Å². The largest absolute Gasteiger partial charge is 0.376 e. The maximum atomic E-state index is 14.6. The van der Waals surface area contributed by atoms with E-state index in [0.29, 0.717) is 19.3 Å². The molecule has 3 aliphatic carbocycles. The molecule has 1 aliphatic heterocycles. The molecule has 1 aromatic rings. The third-order valence-electron chi connectivity index (χ3n) is 10.4. The third kappa shape index (κ3) is 7.77. The predicted molar refractivity (Wildman–Crippen MR) is 181 cm³/mol. The maximum Gasteiger partial charge on any atom is 0.315 e. The van der Waals surface area contributed by atoms with Crippen LogP contribution in [-0.4, -0.2) is 86.4 Å². The van der Waals surface area contributed by atoms with E-state index in [1.165, 1.54) is 4.90 Å². The van der Waals surface area contributed by atoms with Gasteiger partial charge in [-0.25, -0.2) is 4.79 Å². The second-order valence-corrected chi connectivity index (χ2v) is 16.4. The van der Waals surface area contributed by atoms with E-state index in [9.17, 15) is 29.1 Å². The number of amides is 5. The average molecular weight is 708 g/mol. The summed E-state index contributed by atoms with van der Waals surface area (Å²) in [7, 11) is 0. The summed E-state index contributed by atoms with van der Waals surface area (Å²) < 4.78 is -1.25. The van der Waals surface area contributed by atoms with Crippen LogP contribution in [-0.2, 0) is 32.0 Å². The van der Waals surface area contributed by atoms with E-state index in [4.69, 9.17) is 28.9 Å². The number of hydrogen-bond acceptors (Lipinski definition) is 7. The molecule has 0 radical (unpaired) electrons. The number of hydrogen-bond donors (Lipinski definition) is 6. The van der Waals surface area contributed by atoms with E-state index < -0.39 is 81.6 Å². The first-order chi connectivity index (χ1) is 22.5. The van der Waals surface area contributed by atoms with Crippen molar-refractivity contribution in [1.82, 2.24) is 26.2 Å². The lowest BCUT2D eigenvalue weighted by Crippen LogP contribution is -2.62. The molecule has 2 saturated carbocycles. The fourth-order valence-corrected chi connectivity index (χ4v) is 8.37.